The van der Waals surface area contributed by atoms with Gasteiger partial charge in [0.15, 0.2) is 0 Å². The molecule has 0 aliphatic heterocycles. The highest BCUT2D eigenvalue weighted by molar-refractivity contribution is 5.82. The van der Waals surface area contributed by atoms with Crippen LogP contribution in [0.15, 0.2) is 12.2 Å². The van der Waals surface area contributed by atoms with E-state index >= 15 is 0 Å². The van der Waals surface area contributed by atoms with E-state index in [0.29, 0.717) is 5.78 Å². The van der Waals surface area contributed by atoms with Gasteiger partial charge >= 0.3 is 0 Å². The van der Waals surface area contributed by atoms with Crippen molar-refractivity contribution >= 4 is 5.78 Å². The zero-order valence-electron chi connectivity index (χ0n) is 12.1. The molecule has 1 unspecified atom stereocenters. The van der Waals surface area contributed by atoms with Crippen LogP contribution in [0, 0.1) is 5.92 Å². The Kier molecular flexibility index (Phi) is 8.89. The quantitative estimate of drug-likeness (QED) is 0.609. The number of carbonyl (C=O) groups is 1. The van der Waals surface area contributed by atoms with E-state index in [-0.39, 0.29) is 5.92 Å². The van der Waals surface area contributed by atoms with E-state index in [1.54, 1.807) is 0 Å². The maximum Gasteiger partial charge on any atom is 0.139 e. The van der Waals surface area contributed by atoms with E-state index in [1.807, 2.05) is 0 Å². The zero-order valence-corrected chi connectivity index (χ0v) is 12.1. The average molecular weight is 250 g/mol. The molecule has 104 valence electrons. The molecular weight excluding hydrogens is 220 g/mol. The number of hydrogen-bond donors (Lipinski definition) is 0. The molecule has 18 heavy (non-hydrogen) atoms. The van der Waals surface area contributed by atoms with Crippen molar-refractivity contribution in [3.63, 3.8) is 0 Å². The number of unbranched alkanes of at least 4 members (excludes halogenated alkanes) is 1. The van der Waals surface area contributed by atoms with Gasteiger partial charge in [0.25, 0.3) is 0 Å². The lowest BCUT2D eigenvalue weighted by atomic mass is 9.91. The average Bonchev–Trinajstić information content (AvgIpc) is 2.37. The van der Waals surface area contributed by atoms with Gasteiger partial charge in [-0.2, -0.15) is 0 Å². The maximum atomic E-state index is 12.2. The van der Waals surface area contributed by atoms with Crippen LogP contribution in [-0.2, 0) is 4.79 Å². The Balaban J connectivity index is 2.44. The highest BCUT2D eigenvalue weighted by atomic mass is 16.1. The second kappa shape index (κ2) is 10.3. The van der Waals surface area contributed by atoms with E-state index in [2.05, 4.69) is 19.1 Å². The van der Waals surface area contributed by atoms with Gasteiger partial charge in [-0.25, -0.2) is 0 Å². The van der Waals surface area contributed by atoms with Crippen molar-refractivity contribution in [3.05, 3.63) is 12.2 Å². The third kappa shape index (κ3) is 6.98. The number of rotatable bonds is 3. The highest BCUT2D eigenvalue weighted by Crippen LogP contribution is 2.20. The van der Waals surface area contributed by atoms with Crippen molar-refractivity contribution in [1.82, 2.24) is 0 Å². The van der Waals surface area contributed by atoms with Crippen LogP contribution in [0.3, 0.4) is 0 Å². The summed E-state index contributed by atoms with van der Waals surface area (Å²) >= 11 is 0. The Morgan fingerprint density at radius 2 is 1.61 bits per heavy atom. The van der Waals surface area contributed by atoms with Crippen LogP contribution in [0.2, 0.25) is 0 Å². The third-order valence-corrected chi connectivity index (χ3v) is 3.93. The van der Waals surface area contributed by atoms with Crippen LogP contribution in [0.1, 0.15) is 84.0 Å². The van der Waals surface area contributed by atoms with Gasteiger partial charge in [0.1, 0.15) is 5.78 Å². The number of ketones is 1. The number of allylic oxidation sites excluding steroid dienone is 2. The lowest BCUT2D eigenvalue weighted by Crippen LogP contribution is -2.12. The van der Waals surface area contributed by atoms with Gasteiger partial charge < -0.3 is 0 Å². The molecule has 1 saturated carbocycles. The summed E-state index contributed by atoms with van der Waals surface area (Å²) in [6.07, 6.45) is 18.9. The van der Waals surface area contributed by atoms with Gasteiger partial charge in [-0.1, -0.05) is 70.4 Å². The molecule has 1 aliphatic rings. The van der Waals surface area contributed by atoms with Crippen LogP contribution in [0.25, 0.3) is 0 Å². The second-order valence-corrected chi connectivity index (χ2v) is 5.66. The summed E-state index contributed by atoms with van der Waals surface area (Å²) in [4.78, 5) is 12.2. The molecule has 0 N–H and O–H groups in total. The Morgan fingerprint density at radius 1 is 1.00 bits per heavy atom. The van der Waals surface area contributed by atoms with Crippen molar-refractivity contribution < 1.29 is 4.79 Å². The topological polar surface area (TPSA) is 17.1 Å². The van der Waals surface area contributed by atoms with E-state index in [0.717, 1.165) is 25.7 Å². The molecule has 0 saturated heterocycles. The summed E-state index contributed by atoms with van der Waals surface area (Å²) in [5, 5.41) is 0. The van der Waals surface area contributed by atoms with Gasteiger partial charge in [-0.05, 0) is 19.3 Å². The van der Waals surface area contributed by atoms with Crippen LogP contribution >= 0.6 is 0 Å². The molecule has 1 nitrogen and oxygen atoms in total. The Labute approximate surface area is 113 Å². The Hall–Kier alpha value is -0.590. The SMILES string of the molecule is CCC/C=C\C1CCCCCCCCCCC1=O. The summed E-state index contributed by atoms with van der Waals surface area (Å²) in [6.45, 7) is 2.19. The molecule has 0 aromatic carbocycles. The predicted octanol–water partition coefficient (Wildman–Crippen LogP) is 5.44. The summed E-state index contributed by atoms with van der Waals surface area (Å²) < 4.78 is 0. The largest absolute Gasteiger partial charge is 0.299 e. The van der Waals surface area contributed by atoms with Crippen LogP contribution in [-0.4, -0.2) is 5.78 Å². The molecule has 0 heterocycles. The Bertz CT molecular complexity index is 242. The van der Waals surface area contributed by atoms with Crippen molar-refractivity contribution in [2.45, 2.75) is 84.0 Å². The number of carbonyl (C=O) groups excluding carboxylic acids is 1. The van der Waals surface area contributed by atoms with Gasteiger partial charge in [0.05, 0.1) is 0 Å². The van der Waals surface area contributed by atoms with Gasteiger partial charge in [-0.15, -0.1) is 0 Å². The fourth-order valence-corrected chi connectivity index (χ4v) is 2.70. The third-order valence-electron chi connectivity index (χ3n) is 3.93. The first kappa shape index (κ1) is 15.5. The molecule has 1 fully saturated rings. The molecule has 0 bridgehead atoms. The zero-order chi connectivity index (χ0) is 13.1. The minimum atomic E-state index is 0.218. The smallest absolute Gasteiger partial charge is 0.139 e. The van der Waals surface area contributed by atoms with Crippen LogP contribution in [0.4, 0.5) is 0 Å². The first-order valence-corrected chi connectivity index (χ1v) is 8.04. The number of hydrogen-bond acceptors (Lipinski definition) is 1. The molecule has 1 rings (SSSR count). The molecule has 1 aliphatic carbocycles. The monoisotopic (exact) mass is 250 g/mol. The van der Waals surface area contributed by atoms with E-state index in [4.69, 9.17) is 0 Å². The molecule has 0 radical (unpaired) electrons. The van der Waals surface area contributed by atoms with Gasteiger partial charge in [0.2, 0.25) is 0 Å². The molecule has 0 aromatic heterocycles. The van der Waals surface area contributed by atoms with Gasteiger partial charge in [0, 0.05) is 12.3 Å². The molecule has 0 spiro atoms. The first-order valence-electron chi connectivity index (χ1n) is 8.04. The molecule has 1 heteroatoms. The molecule has 1 atom stereocenters. The first-order chi connectivity index (χ1) is 8.84. The summed E-state index contributed by atoms with van der Waals surface area (Å²) in [6, 6.07) is 0. The van der Waals surface area contributed by atoms with Crippen molar-refractivity contribution in [2.75, 3.05) is 0 Å². The van der Waals surface area contributed by atoms with Crippen molar-refractivity contribution in [2.24, 2.45) is 5.92 Å². The minimum absolute atomic E-state index is 0.218. The predicted molar refractivity (Wildman–Crippen MR) is 78.7 cm³/mol. The highest BCUT2D eigenvalue weighted by Gasteiger charge is 2.14. The molecule has 0 amide bonds. The van der Waals surface area contributed by atoms with Crippen LogP contribution in [0.5, 0.6) is 0 Å². The lowest BCUT2D eigenvalue weighted by molar-refractivity contribution is -0.121. The normalized spacial score (nSPS) is 24.7. The van der Waals surface area contributed by atoms with E-state index in [9.17, 15) is 4.79 Å². The minimum Gasteiger partial charge on any atom is -0.299 e. The number of Topliss-reactive ketones (excluding diaryl/α,β-unsaturated/α-hetero) is 1. The van der Waals surface area contributed by atoms with Crippen molar-refractivity contribution in [3.8, 4) is 0 Å². The van der Waals surface area contributed by atoms with E-state index < -0.39 is 0 Å². The van der Waals surface area contributed by atoms with Crippen molar-refractivity contribution in [1.29, 1.82) is 0 Å². The standard InChI is InChI=1S/C17H30O/c1-2-3-10-13-16-14-11-8-6-4-5-7-9-12-15-17(16)18/h10,13,16H,2-9,11-12,14-15H2,1H3/b13-10-. The fourth-order valence-electron chi connectivity index (χ4n) is 2.70. The van der Waals surface area contributed by atoms with E-state index in [1.165, 1.54) is 51.4 Å². The maximum absolute atomic E-state index is 12.2. The second-order valence-electron chi connectivity index (χ2n) is 5.66. The summed E-state index contributed by atoms with van der Waals surface area (Å²) in [5.41, 5.74) is 0. The lowest BCUT2D eigenvalue weighted by Gasteiger charge is -2.13. The summed E-state index contributed by atoms with van der Waals surface area (Å²) in [7, 11) is 0. The van der Waals surface area contributed by atoms with Crippen LogP contribution < -0.4 is 0 Å². The molecule has 0 aromatic rings. The fraction of sp³-hybridized carbons (Fsp3) is 0.824. The Morgan fingerprint density at radius 3 is 2.28 bits per heavy atom. The molecular formula is C17H30O. The van der Waals surface area contributed by atoms with Gasteiger partial charge in [-0.3, -0.25) is 4.79 Å². The summed E-state index contributed by atoms with van der Waals surface area (Å²) in [5.74, 6) is 0.707.